The van der Waals surface area contributed by atoms with Gasteiger partial charge in [0, 0.05) is 19.0 Å². The number of carbonyl (C=O) groups excluding carboxylic acids is 1. The van der Waals surface area contributed by atoms with Crippen molar-refractivity contribution in [2.24, 2.45) is 0 Å². The Labute approximate surface area is 109 Å². The van der Waals surface area contributed by atoms with E-state index in [0.29, 0.717) is 13.2 Å². The molecule has 1 saturated heterocycles. The average molecular weight is 273 g/mol. The Bertz CT molecular complexity index is 416. The summed E-state index contributed by atoms with van der Waals surface area (Å²) in [4.78, 5) is 11.8. The van der Waals surface area contributed by atoms with Crippen molar-refractivity contribution >= 4 is 23.2 Å². The number of morpholine rings is 1. The Morgan fingerprint density at radius 2 is 2.44 bits per heavy atom. The van der Waals surface area contributed by atoms with Crippen LogP contribution < -0.4 is 10.6 Å². The zero-order valence-electron chi connectivity index (χ0n) is 9.71. The molecule has 18 heavy (non-hydrogen) atoms. The van der Waals surface area contributed by atoms with Gasteiger partial charge in [0.15, 0.2) is 0 Å². The summed E-state index contributed by atoms with van der Waals surface area (Å²) in [5.41, 5.74) is 0.0286. The zero-order valence-corrected chi connectivity index (χ0v) is 10.5. The van der Waals surface area contributed by atoms with Crippen molar-refractivity contribution in [2.75, 3.05) is 25.1 Å². The first kappa shape index (κ1) is 13.3. The molecule has 0 saturated carbocycles. The molecule has 1 atom stereocenters. The Morgan fingerprint density at radius 1 is 1.61 bits per heavy atom. The molecule has 1 fully saturated rings. The lowest BCUT2D eigenvalue weighted by molar-refractivity contribution is -0.117. The molecular formula is C12H14ClFN2O2. The molecule has 0 radical (unpaired) electrons. The van der Waals surface area contributed by atoms with Gasteiger partial charge in [0.05, 0.1) is 23.9 Å². The highest BCUT2D eigenvalue weighted by atomic mass is 35.5. The first-order valence-corrected chi connectivity index (χ1v) is 6.09. The van der Waals surface area contributed by atoms with Gasteiger partial charge in [-0.25, -0.2) is 4.39 Å². The van der Waals surface area contributed by atoms with Gasteiger partial charge in [-0.15, -0.1) is 0 Å². The van der Waals surface area contributed by atoms with Crippen LogP contribution in [0.25, 0.3) is 0 Å². The summed E-state index contributed by atoms with van der Waals surface area (Å²) < 4.78 is 18.7. The molecule has 2 N–H and O–H groups in total. The standard InChI is InChI=1S/C12H14ClFN2O2/c13-9-2-1-3-10(14)12(9)16-11(17)6-8-7-18-5-4-15-8/h1-3,8,15H,4-7H2,(H,16,17). The number of hydrogen-bond donors (Lipinski definition) is 2. The average Bonchev–Trinajstić information content (AvgIpc) is 2.35. The molecule has 0 aromatic heterocycles. The molecule has 0 spiro atoms. The van der Waals surface area contributed by atoms with E-state index in [1.807, 2.05) is 0 Å². The van der Waals surface area contributed by atoms with Crippen LogP contribution in [0.5, 0.6) is 0 Å². The number of benzene rings is 1. The van der Waals surface area contributed by atoms with E-state index in [0.717, 1.165) is 6.54 Å². The summed E-state index contributed by atoms with van der Waals surface area (Å²) in [7, 11) is 0. The van der Waals surface area contributed by atoms with Gasteiger partial charge in [-0.3, -0.25) is 4.79 Å². The van der Waals surface area contributed by atoms with Crippen LogP contribution in [0.2, 0.25) is 5.02 Å². The Hall–Kier alpha value is -1.17. The van der Waals surface area contributed by atoms with Gasteiger partial charge in [-0.1, -0.05) is 17.7 Å². The third kappa shape index (κ3) is 3.41. The molecule has 1 aliphatic rings. The summed E-state index contributed by atoms with van der Waals surface area (Å²) >= 11 is 5.82. The molecule has 1 unspecified atom stereocenters. The lowest BCUT2D eigenvalue weighted by Gasteiger charge is -2.23. The smallest absolute Gasteiger partial charge is 0.226 e. The van der Waals surface area contributed by atoms with Gasteiger partial charge in [-0.05, 0) is 12.1 Å². The second-order valence-corrected chi connectivity index (χ2v) is 4.48. The Kier molecular flexibility index (Phi) is 4.52. The number of amides is 1. The highest BCUT2D eigenvalue weighted by Crippen LogP contribution is 2.24. The van der Waals surface area contributed by atoms with Crippen molar-refractivity contribution in [1.82, 2.24) is 5.32 Å². The summed E-state index contributed by atoms with van der Waals surface area (Å²) in [6, 6.07) is 4.24. The molecule has 2 rings (SSSR count). The largest absolute Gasteiger partial charge is 0.378 e. The van der Waals surface area contributed by atoms with Crippen molar-refractivity contribution in [3.63, 3.8) is 0 Å². The number of ether oxygens (including phenoxy) is 1. The maximum absolute atomic E-state index is 13.4. The zero-order chi connectivity index (χ0) is 13.0. The van der Waals surface area contributed by atoms with E-state index >= 15 is 0 Å². The van der Waals surface area contributed by atoms with Crippen LogP contribution in [0.15, 0.2) is 18.2 Å². The molecule has 1 aliphatic heterocycles. The quantitative estimate of drug-likeness (QED) is 0.882. The first-order valence-electron chi connectivity index (χ1n) is 5.72. The van der Waals surface area contributed by atoms with Gasteiger partial charge >= 0.3 is 0 Å². The van der Waals surface area contributed by atoms with E-state index in [1.165, 1.54) is 18.2 Å². The lowest BCUT2D eigenvalue weighted by atomic mass is 10.2. The second-order valence-electron chi connectivity index (χ2n) is 4.07. The SMILES string of the molecule is O=C(CC1COCCN1)Nc1c(F)cccc1Cl. The molecule has 1 heterocycles. The summed E-state index contributed by atoms with van der Waals surface area (Å²) in [6.07, 6.45) is 0.227. The van der Waals surface area contributed by atoms with E-state index in [9.17, 15) is 9.18 Å². The minimum Gasteiger partial charge on any atom is -0.378 e. The van der Waals surface area contributed by atoms with Crippen LogP contribution in [-0.4, -0.2) is 31.7 Å². The van der Waals surface area contributed by atoms with E-state index < -0.39 is 5.82 Å². The second kappa shape index (κ2) is 6.13. The normalized spacial score (nSPS) is 19.6. The van der Waals surface area contributed by atoms with Gasteiger partial charge < -0.3 is 15.4 Å². The number of anilines is 1. The fourth-order valence-electron chi connectivity index (χ4n) is 1.78. The van der Waals surface area contributed by atoms with Crippen LogP contribution in [0.3, 0.4) is 0 Å². The van der Waals surface area contributed by atoms with Crippen molar-refractivity contribution < 1.29 is 13.9 Å². The van der Waals surface area contributed by atoms with Gasteiger partial charge in [0.2, 0.25) is 5.91 Å². The summed E-state index contributed by atoms with van der Waals surface area (Å²) in [6.45, 7) is 1.86. The molecule has 6 heteroatoms. The maximum atomic E-state index is 13.4. The highest BCUT2D eigenvalue weighted by Gasteiger charge is 2.18. The third-order valence-corrected chi connectivity index (χ3v) is 2.97. The van der Waals surface area contributed by atoms with E-state index in [1.54, 1.807) is 0 Å². The fraction of sp³-hybridized carbons (Fsp3) is 0.417. The molecule has 0 aliphatic carbocycles. The van der Waals surface area contributed by atoms with Gasteiger partial charge in [0.1, 0.15) is 5.82 Å². The number of para-hydroxylation sites is 1. The Balaban J connectivity index is 1.94. The monoisotopic (exact) mass is 272 g/mol. The van der Waals surface area contributed by atoms with E-state index in [4.69, 9.17) is 16.3 Å². The predicted octanol–water partition coefficient (Wildman–Crippen LogP) is 1.80. The van der Waals surface area contributed by atoms with Crippen LogP contribution in [-0.2, 0) is 9.53 Å². The van der Waals surface area contributed by atoms with Crippen LogP contribution in [0.4, 0.5) is 10.1 Å². The highest BCUT2D eigenvalue weighted by molar-refractivity contribution is 6.33. The fourth-order valence-corrected chi connectivity index (χ4v) is 1.99. The molecule has 1 amide bonds. The van der Waals surface area contributed by atoms with Gasteiger partial charge in [0.25, 0.3) is 0 Å². The Morgan fingerprint density at radius 3 is 3.11 bits per heavy atom. The van der Waals surface area contributed by atoms with Crippen molar-refractivity contribution in [3.05, 3.63) is 29.0 Å². The van der Waals surface area contributed by atoms with Crippen molar-refractivity contribution in [3.8, 4) is 0 Å². The van der Waals surface area contributed by atoms with Crippen LogP contribution in [0.1, 0.15) is 6.42 Å². The number of carbonyl (C=O) groups is 1. The third-order valence-electron chi connectivity index (χ3n) is 2.66. The van der Waals surface area contributed by atoms with Gasteiger partial charge in [-0.2, -0.15) is 0 Å². The van der Waals surface area contributed by atoms with Crippen molar-refractivity contribution in [2.45, 2.75) is 12.5 Å². The topological polar surface area (TPSA) is 50.4 Å². The minimum atomic E-state index is -0.538. The predicted molar refractivity (Wildman–Crippen MR) is 67.3 cm³/mol. The number of nitrogens with one attached hydrogen (secondary N) is 2. The van der Waals surface area contributed by atoms with Crippen LogP contribution in [0, 0.1) is 5.82 Å². The van der Waals surface area contributed by atoms with E-state index in [-0.39, 0.29) is 29.1 Å². The van der Waals surface area contributed by atoms with Crippen LogP contribution >= 0.6 is 11.6 Å². The molecule has 98 valence electrons. The molecule has 4 nitrogen and oxygen atoms in total. The maximum Gasteiger partial charge on any atom is 0.226 e. The molecule has 1 aromatic rings. The minimum absolute atomic E-state index is 0.0286. The molecular weight excluding hydrogens is 259 g/mol. The summed E-state index contributed by atoms with van der Waals surface area (Å²) in [5.74, 6) is -0.825. The summed E-state index contributed by atoms with van der Waals surface area (Å²) in [5, 5.41) is 5.83. The van der Waals surface area contributed by atoms with E-state index in [2.05, 4.69) is 10.6 Å². The lowest BCUT2D eigenvalue weighted by Crippen LogP contribution is -2.43. The molecule has 0 bridgehead atoms. The first-order chi connectivity index (χ1) is 8.66. The van der Waals surface area contributed by atoms with Crippen molar-refractivity contribution in [1.29, 1.82) is 0 Å². The number of hydrogen-bond acceptors (Lipinski definition) is 3. The molecule has 1 aromatic carbocycles. The number of rotatable bonds is 3. The number of halogens is 2.